The van der Waals surface area contributed by atoms with Crippen molar-refractivity contribution in [3.63, 3.8) is 0 Å². The van der Waals surface area contributed by atoms with Gasteiger partial charge in [0.2, 0.25) is 5.88 Å². The van der Waals surface area contributed by atoms with Crippen LogP contribution in [-0.4, -0.2) is 53.2 Å². The quantitative estimate of drug-likeness (QED) is 0.121. The van der Waals surface area contributed by atoms with E-state index in [1.807, 2.05) is 36.4 Å². The number of fused-ring (bicyclic) bond motifs is 1. The molecule has 2 aromatic carbocycles. The summed E-state index contributed by atoms with van der Waals surface area (Å²) in [6.45, 7) is 7.72. The number of aryl methyl sites for hydroxylation is 1. The maximum absolute atomic E-state index is 12.8. The lowest BCUT2D eigenvalue weighted by atomic mass is 9.90. The highest BCUT2D eigenvalue weighted by atomic mass is 79.9. The van der Waals surface area contributed by atoms with Gasteiger partial charge in [0.15, 0.2) is 5.60 Å². The molecular formula is C31H28BrN5O6S. The molecule has 3 amide bonds. The lowest BCUT2D eigenvalue weighted by molar-refractivity contribution is -0.150. The van der Waals surface area contributed by atoms with E-state index in [1.165, 1.54) is 22.1 Å². The van der Waals surface area contributed by atoms with Crippen LogP contribution in [0.2, 0.25) is 0 Å². The zero-order valence-corrected chi connectivity index (χ0v) is 26.0. The average Bonchev–Trinajstić information content (AvgIpc) is 3.69. The summed E-state index contributed by atoms with van der Waals surface area (Å²) in [5, 5.41) is 13.4. The second-order valence-electron chi connectivity index (χ2n) is 10.0. The molecule has 1 atom stereocenters. The Morgan fingerprint density at radius 2 is 1.82 bits per heavy atom. The van der Waals surface area contributed by atoms with Crippen LogP contribution < -0.4 is 20.7 Å². The van der Waals surface area contributed by atoms with Crippen molar-refractivity contribution in [3.05, 3.63) is 100 Å². The number of carbonyl (C=O) groups is 4. The number of rotatable bonds is 11. The Labute approximate surface area is 265 Å². The first-order valence-electron chi connectivity index (χ1n) is 13.4. The van der Waals surface area contributed by atoms with Gasteiger partial charge in [0, 0.05) is 48.6 Å². The molecule has 1 fully saturated rings. The number of esters is 1. The summed E-state index contributed by atoms with van der Waals surface area (Å²) in [4.78, 5) is 50.1. The summed E-state index contributed by atoms with van der Waals surface area (Å²) < 4.78 is 14.1. The van der Waals surface area contributed by atoms with Crippen molar-refractivity contribution in [3.8, 4) is 5.88 Å². The van der Waals surface area contributed by atoms with Crippen LogP contribution in [0.1, 0.15) is 32.1 Å². The summed E-state index contributed by atoms with van der Waals surface area (Å²) in [6.07, 6.45) is 0.274. The number of benzene rings is 2. The standard InChI is InChI=1S/C31H28BrN5O6S/c1-18-16-31(43-30(18)41,21-7-5-4-6-8-21)17-42-26-15-23(37(3)36-26)28(39)33-11-12-34-29(40)25-14-20-13-22(9-10-24(20)44-25)35-27(38)19(2)32/h4-10,13-15H,1-2,11-12,16-17H2,3H3,(H,33,39)(H,34,40)(H,35,38). The van der Waals surface area contributed by atoms with Gasteiger partial charge in [0.05, 0.1) is 9.36 Å². The van der Waals surface area contributed by atoms with E-state index in [9.17, 15) is 19.2 Å². The molecule has 0 spiro atoms. The Morgan fingerprint density at radius 1 is 1.09 bits per heavy atom. The number of anilines is 1. The van der Waals surface area contributed by atoms with Crippen LogP contribution >= 0.6 is 27.3 Å². The summed E-state index contributed by atoms with van der Waals surface area (Å²) in [7, 11) is 1.61. The predicted octanol–water partition coefficient (Wildman–Crippen LogP) is 4.42. The van der Waals surface area contributed by atoms with Gasteiger partial charge in [-0.1, -0.05) is 43.5 Å². The lowest BCUT2D eigenvalue weighted by Gasteiger charge is -2.27. The van der Waals surface area contributed by atoms with Gasteiger partial charge in [-0.2, -0.15) is 0 Å². The van der Waals surface area contributed by atoms with Crippen molar-refractivity contribution in [2.24, 2.45) is 7.05 Å². The third-order valence-electron chi connectivity index (χ3n) is 6.86. The number of carbonyl (C=O) groups excluding carboxylic acids is 4. The zero-order chi connectivity index (χ0) is 31.4. The van der Waals surface area contributed by atoms with Gasteiger partial charge in [-0.05, 0) is 51.1 Å². The van der Waals surface area contributed by atoms with Crippen molar-refractivity contribution in [2.75, 3.05) is 25.0 Å². The number of nitrogens with zero attached hydrogens (tertiary/aromatic N) is 2. The minimum Gasteiger partial charge on any atom is -0.472 e. The lowest BCUT2D eigenvalue weighted by Crippen LogP contribution is -2.35. The minimum atomic E-state index is -1.04. The average molecular weight is 679 g/mol. The molecule has 4 aromatic rings. The largest absolute Gasteiger partial charge is 0.472 e. The minimum absolute atomic E-state index is 0.00778. The van der Waals surface area contributed by atoms with Gasteiger partial charge in [0.25, 0.3) is 17.7 Å². The molecule has 0 saturated carbocycles. The van der Waals surface area contributed by atoms with Crippen LogP contribution in [-0.2, 0) is 27.0 Å². The molecule has 44 heavy (non-hydrogen) atoms. The van der Waals surface area contributed by atoms with Crippen LogP contribution in [0.15, 0.2) is 83.9 Å². The van der Waals surface area contributed by atoms with E-state index in [-0.39, 0.29) is 54.0 Å². The molecular weight excluding hydrogens is 650 g/mol. The van der Waals surface area contributed by atoms with E-state index in [0.717, 1.165) is 15.6 Å². The van der Waals surface area contributed by atoms with Gasteiger partial charge < -0.3 is 25.4 Å². The molecule has 0 bridgehead atoms. The molecule has 2 aromatic heterocycles. The molecule has 1 saturated heterocycles. The molecule has 3 N–H and O–H groups in total. The Balaban J connectivity index is 1.13. The maximum Gasteiger partial charge on any atom is 0.334 e. The van der Waals surface area contributed by atoms with E-state index < -0.39 is 17.5 Å². The Kier molecular flexibility index (Phi) is 8.97. The van der Waals surface area contributed by atoms with Gasteiger partial charge in [-0.15, -0.1) is 16.4 Å². The number of nitrogens with one attached hydrogen (secondary N) is 3. The number of aromatic nitrogens is 2. The fraction of sp³-hybridized carbons (Fsp3) is 0.194. The summed E-state index contributed by atoms with van der Waals surface area (Å²) in [5.41, 5.74) is 0.929. The van der Waals surface area contributed by atoms with Gasteiger partial charge >= 0.3 is 5.97 Å². The first-order chi connectivity index (χ1) is 21.0. The second kappa shape index (κ2) is 12.9. The van der Waals surface area contributed by atoms with Crippen molar-refractivity contribution in [1.29, 1.82) is 0 Å². The second-order valence-corrected chi connectivity index (χ2v) is 12.1. The normalized spacial score (nSPS) is 16.0. The monoisotopic (exact) mass is 677 g/mol. The van der Waals surface area contributed by atoms with Crippen LogP contribution in [0.4, 0.5) is 5.69 Å². The number of halogens is 1. The van der Waals surface area contributed by atoms with Crippen LogP contribution in [0.5, 0.6) is 5.88 Å². The van der Waals surface area contributed by atoms with Gasteiger partial charge in [-0.25, -0.2) is 4.79 Å². The molecule has 1 aliphatic rings. The number of hydrogen-bond acceptors (Lipinski definition) is 8. The van der Waals surface area contributed by atoms with Crippen molar-refractivity contribution < 1.29 is 28.7 Å². The summed E-state index contributed by atoms with van der Waals surface area (Å²) in [6, 6.07) is 17.9. The van der Waals surface area contributed by atoms with Gasteiger partial charge in [0.1, 0.15) is 12.3 Å². The van der Waals surface area contributed by atoms with Crippen molar-refractivity contribution >= 4 is 66.7 Å². The summed E-state index contributed by atoms with van der Waals surface area (Å²) in [5.74, 6) is -1.31. The topological polar surface area (TPSA) is 141 Å². The fourth-order valence-electron chi connectivity index (χ4n) is 4.65. The van der Waals surface area contributed by atoms with Crippen LogP contribution in [0, 0.1) is 0 Å². The molecule has 226 valence electrons. The number of amides is 3. The molecule has 5 rings (SSSR count). The van der Waals surface area contributed by atoms with E-state index >= 15 is 0 Å². The SMILES string of the molecule is C=C(Br)C(=O)Nc1ccc2sc(C(=O)NCCNC(=O)c3cc(OCC4(c5ccccc5)CC(=C)C(=O)O4)nn3C)cc2c1. The summed E-state index contributed by atoms with van der Waals surface area (Å²) >= 11 is 4.37. The van der Waals surface area contributed by atoms with Gasteiger partial charge in [-0.3, -0.25) is 19.1 Å². The highest BCUT2D eigenvalue weighted by Crippen LogP contribution is 2.39. The number of thiophene rings is 1. The molecule has 0 aliphatic carbocycles. The Morgan fingerprint density at radius 3 is 2.50 bits per heavy atom. The van der Waals surface area contributed by atoms with Crippen LogP contribution in [0.3, 0.4) is 0 Å². The Hall–Kier alpha value is -4.75. The van der Waals surface area contributed by atoms with Crippen molar-refractivity contribution in [1.82, 2.24) is 20.4 Å². The number of cyclic esters (lactones) is 1. The predicted molar refractivity (Wildman–Crippen MR) is 170 cm³/mol. The maximum atomic E-state index is 12.8. The molecule has 11 nitrogen and oxygen atoms in total. The van der Waals surface area contributed by atoms with E-state index in [4.69, 9.17) is 9.47 Å². The highest BCUT2D eigenvalue weighted by Gasteiger charge is 2.45. The zero-order valence-electron chi connectivity index (χ0n) is 23.6. The molecule has 1 unspecified atom stereocenters. The smallest absolute Gasteiger partial charge is 0.334 e. The highest BCUT2D eigenvalue weighted by molar-refractivity contribution is 9.12. The first-order valence-corrected chi connectivity index (χ1v) is 15.0. The Bertz CT molecular complexity index is 1780. The molecule has 1 aliphatic heterocycles. The number of ether oxygens (including phenoxy) is 2. The van der Waals surface area contributed by atoms with E-state index in [1.54, 1.807) is 25.2 Å². The van der Waals surface area contributed by atoms with Crippen molar-refractivity contribution in [2.45, 2.75) is 12.0 Å². The molecule has 0 radical (unpaired) electrons. The number of hydrogen-bond donors (Lipinski definition) is 3. The van der Waals surface area contributed by atoms with E-state index in [2.05, 4.69) is 50.1 Å². The molecule has 3 heterocycles. The third kappa shape index (κ3) is 6.74. The molecule has 13 heteroatoms. The third-order valence-corrected chi connectivity index (χ3v) is 8.33. The fourth-order valence-corrected chi connectivity index (χ4v) is 5.70. The first kappa shape index (κ1) is 30.7. The van der Waals surface area contributed by atoms with E-state index in [0.29, 0.717) is 16.1 Å². The van der Waals surface area contributed by atoms with Crippen LogP contribution in [0.25, 0.3) is 10.1 Å².